The topological polar surface area (TPSA) is 41.9 Å². The molecule has 0 aliphatic carbocycles. The lowest BCUT2D eigenvalue weighted by atomic mass is 10.2. The van der Waals surface area contributed by atoms with Crippen LogP contribution in [0.15, 0.2) is 94.8 Å². The number of carbonyl (C=O) groups excluding carboxylic acids is 1. The van der Waals surface area contributed by atoms with E-state index in [0.29, 0.717) is 24.6 Å². The summed E-state index contributed by atoms with van der Waals surface area (Å²) in [4.78, 5) is 20.5. The van der Waals surface area contributed by atoms with Crippen LogP contribution in [0.5, 0.6) is 5.75 Å². The van der Waals surface area contributed by atoms with E-state index in [-0.39, 0.29) is 5.91 Å². The Kier molecular flexibility index (Phi) is 6.85. The molecule has 3 aromatic carbocycles. The molecule has 1 aliphatic rings. The van der Waals surface area contributed by atoms with Crippen LogP contribution >= 0.6 is 11.8 Å². The molecule has 1 heterocycles. The molecular formula is C26H24N2O2S. The number of aliphatic imine (C=N–C) groups is 1. The molecule has 0 spiro atoms. The average molecular weight is 429 g/mol. The zero-order chi connectivity index (χ0) is 21.5. The van der Waals surface area contributed by atoms with Crippen molar-refractivity contribution in [1.29, 1.82) is 0 Å². The summed E-state index contributed by atoms with van der Waals surface area (Å²) in [6.45, 7) is 3.60. The van der Waals surface area contributed by atoms with E-state index in [1.807, 2.05) is 97.9 Å². The van der Waals surface area contributed by atoms with Gasteiger partial charge in [0.15, 0.2) is 5.17 Å². The van der Waals surface area contributed by atoms with Crippen LogP contribution in [0, 0.1) is 0 Å². The molecule has 3 aromatic rings. The second-order valence-corrected chi connectivity index (χ2v) is 8.09. The van der Waals surface area contributed by atoms with Crippen molar-refractivity contribution in [3.63, 3.8) is 0 Å². The van der Waals surface area contributed by atoms with Gasteiger partial charge in [0.25, 0.3) is 5.91 Å². The molecule has 4 nitrogen and oxygen atoms in total. The van der Waals surface area contributed by atoms with Gasteiger partial charge < -0.3 is 4.74 Å². The predicted octanol–water partition coefficient (Wildman–Crippen LogP) is 5.76. The number of hydrogen-bond acceptors (Lipinski definition) is 4. The van der Waals surface area contributed by atoms with Gasteiger partial charge in [0, 0.05) is 0 Å². The lowest BCUT2D eigenvalue weighted by Crippen LogP contribution is -2.28. The van der Waals surface area contributed by atoms with Gasteiger partial charge in [-0.15, -0.1) is 0 Å². The zero-order valence-corrected chi connectivity index (χ0v) is 18.2. The lowest BCUT2D eigenvalue weighted by molar-refractivity contribution is -0.122. The molecule has 0 radical (unpaired) electrons. The number of ether oxygens (including phenoxy) is 1. The summed E-state index contributed by atoms with van der Waals surface area (Å²) in [5.41, 5.74) is 3.12. The Morgan fingerprint density at radius 2 is 1.65 bits per heavy atom. The van der Waals surface area contributed by atoms with Gasteiger partial charge >= 0.3 is 0 Å². The van der Waals surface area contributed by atoms with Gasteiger partial charge in [0.05, 0.1) is 24.6 Å². The Hall–Kier alpha value is -3.31. The van der Waals surface area contributed by atoms with Crippen LogP contribution in [-0.4, -0.2) is 22.6 Å². The Morgan fingerprint density at radius 1 is 0.935 bits per heavy atom. The van der Waals surface area contributed by atoms with Crippen LogP contribution in [-0.2, 0) is 17.9 Å². The summed E-state index contributed by atoms with van der Waals surface area (Å²) in [6, 6.07) is 27.9. The van der Waals surface area contributed by atoms with Crippen molar-refractivity contribution in [2.75, 3.05) is 6.61 Å². The van der Waals surface area contributed by atoms with Crippen LogP contribution in [0.4, 0.5) is 0 Å². The maximum absolute atomic E-state index is 13.3. The second kappa shape index (κ2) is 10.1. The molecule has 0 atom stereocenters. The first kappa shape index (κ1) is 20.9. The molecule has 156 valence electrons. The number of nitrogens with zero attached hydrogens (tertiary/aromatic N) is 2. The third kappa shape index (κ3) is 5.44. The normalized spacial score (nSPS) is 16.3. The van der Waals surface area contributed by atoms with Gasteiger partial charge in [-0.2, -0.15) is 0 Å². The maximum atomic E-state index is 13.3. The highest BCUT2D eigenvalue weighted by molar-refractivity contribution is 8.18. The SMILES string of the molecule is CCOc1cccc(C=C2SC(=NCc3ccccc3)N(Cc3ccccc3)C2=O)c1. The Labute approximate surface area is 187 Å². The number of carbonyl (C=O) groups is 1. The molecule has 1 amide bonds. The van der Waals surface area contributed by atoms with Crippen molar-refractivity contribution >= 4 is 28.9 Å². The Morgan fingerprint density at radius 3 is 2.35 bits per heavy atom. The average Bonchev–Trinajstić information content (AvgIpc) is 3.09. The lowest BCUT2D eigenvalue weighted by Gasteiger charge is -2.15. The molecule has 1 aliphatic heterocycles. The standard InChI is InChI=1S/C26H24N2O2S/c1-2-30-23-15-9-14-22(16-23)17-24-25(29)28(19-21-12-7-4-8-13-21)26(31-24)27-18-20-10-5-3-6-11-20/h3-17H,2,18-19H2,1H3. The van der Waals surface area contributed by atoms with Crippen molar-refractivity contribution in [1.82, 2.24) is 4.90 Å². The van der Waals surface area contributed by atoms with Gasteiger partial charge in [-0.05, 0) is 53.6 Å². The number of benzene rings is 3. The maximum Gasteiger partial charge on any atom is 0.267 e. The molecule has 0 unspecified atom stereocenters. The fraction of sp³-hybridized carbons (Fsp3) is 0.154. The van der Waals surface area contributed by atoms with E-state index >= 15 is 0 Å². The van der Waals surface area contributed by atoms with E-state index in [1.165, 1.54) is 11.8 Å². The molecule has 0 saturated carbocycles. The van der Waals surface area contributed by atoms with Gasteiger partial charge in [-0.3, -0.25) is 14.7 Å². The largest absolute Gasteiger partial charge is 0.494 e. The monoisotopic (exact) mass is 428 g/mol. The number of rotatable bonds is 7. The fourth-order valence-corrected chi connectivity index (χ4v) is 4.26. The number of amidine groups is 1. The van der Waals surface area contributed by atoms with Crippen molar-refractivity contribution in [2.24, 2.45) is 4.99 Å². The van der Waals surface area contributed by atoms with Crippen LogP contribution in [0.25, 0.3) is 6.08 Å². The van der Waals surface area contributed by atoms with Crippen molar-refractivity contribution < 1.29 is 9.53 Å². The van der Waals surface area contributed by atoms with Gasteiger partial charge in [-0.25, -0.2) is 0 Å². The predicted molar refractivity (Wildman–Crippen MR) is 128 cm³/mol. The Balaban J connectivity index is 1.62. The molecular weight excluding hydrogens is 404 g/mol. The van der Waals surface area contributed by atoms with Crippen molar-refractivity contribution in [3.8, 4) is 5.75 Å². The summed E-state index contributed by atoms with van der Waals surface area (Å²) in [6.07, 6.45) is 1.92. The fourth-order valence-electron chi connectivity index (χ4n) is 3.29. The summed E-state index contributed by atoms with van der Waals surface area (Å²) in [5, 5.41) is 0.727. The van der Waals surface area contributed by atoms with Gasteiger partial charge in [0.2, 0.25) is 0 Å². The van der Waals surface area contributed by atoms with Gasteiger partial charge in [-0.1, -0.05) is 72.8 Å². The highest BCUT2D eigenvalue weighted by Gasteiger charge is 2.33. The van der Waals surface area contributed by atoms with E-state index in [9.17, 15) is 4.79 Å². The minimum absolute atomic E-state index is 0.0255. The molecule has 1 saturated heterocycles. The first-order valence-corrected chi connectivity index (χ1v) is 11.1. The zero-order valence-electron chi connectivity index (χ0n) is 17.4. The summed E-state index contributed by atoms with van der Waals surface area (Å²) >= 11 is 1.43. The molecule has 31 heavy (non-hydrogen) atoms. The minimum Gasteiger partial charge on any atom is -0.494 e. The van der Waals surface area contributed by atoms with Crippen LogP contribution in [0.1, 0.15) is 23.6 Å². The van der Waals surface area contributed by atoms with Crippen LogP contribution < -0.4 is 4.74 Å². The number of thioether (sulfide) groups is 1. The smallest absolute Gasteiger partial charge is 0.267 e. The molecule has 0 bridgehead atoms. The molecule has 5 heteroatoms. The minimum atomic E-state index is -0.0255. The molecule has 0 N–H and O–H groups in total. The summed E-state index contributed by atoms with van der Waals surface area (Å²) in [7, 11) is 0. The number of amides is 1. The van der Waals surface area contributed by atoms with Crippen LogP contribution in [0.3, 0.4) is 0 Å². The molecule has 1 fully saturated rings. The quantitative estimate of drug-likeness (QED) is 0.450. The third-order valence-electron chi connectivity index (χ3n) is 4.78. The van der Waals surface area contributed by atoms with E-state index in [0.717, 1.165) is 27.6 Å². The van der Waals surface area contributed by atoms with Gasteiger partial charge in [0.1, 0.15) is 5.75 Å². The molecule has 4 rings (SSSR count). The highest BCUT2D eigenvalue weighted by Crippen LogP contribution is 2.34. The molecule has 0 aromatic heterocycles. The summed E-state index contributed by atoms with van der Waals surface area (Å²) < 4.78 is 5.59. The Bertz CT molecular complexity index is 1090. The third-order valence-corrected chi connectivity index (χ3v) is 5.82. The first-order valence-electron chi connectivity index (χ1n) is 10.3. The number of hydrogen-bond donors (Lipinski definition) is 0. The van der Waals surface area contributed by atoms with Crippen molar-refractivity contribution in [2.45, 2.75) is 20.0 Å². The van der Waals surface area contributed by atoms with Crippen LogP contribution in [0.2, 0.25) is 0 Å². The van der Waals surface area contributed by atoms with E-state index < -0.39 is 0 Å². The van der Waals surface area contributed by atoms with E-state index in [4.69, 9.17) is 9.73 Å². The van der Waals surface area contributed by atoms with Crippen molar-refractivity contribution in [3.05, 3.63) is 107 Å². The first-order chi connectivity index (χ1) is 15.2. The highest BCUT2D eigenvalue weighted by atomic mass is 32.2. The van der Waals surface area contributed by atoms with E-state index in [2.05, 4.69) is 0 Å². The second-order valence-electron chi connectivity index (χ2n) is 7.08. The summed E-state index contributed by atoms with van der Waals surface area (Å²) in [5.74, 6) is 0.772. The van der Waals surface area contributed by atoms with E-state index in [1.54, 1.807) is 4.90 Å².